The van der Waals surface area contributed by atoms with E-state index in [4.69, 9.17) is 0 Å². The molecule has 3 saturated heterocycles. The number of hydrogen-bond donors (Lipinski definition) is 2. The molecule has 15 heteroatoms. The number of pyridine rings is 1. The van der Waals surface area contributed by atoms with E-state index in [1.165, 1.54) is 25.7 Å². The zero-order valence-corrected chi connectivity index (χ0v) is 27.3. The van der Waals surface area contributed by atoms with Crippen molar-refractivity contribution in [1.29, 1.82) is 0 Å². The Labute approximate surface area is 262 Å². The summed E-state index contributed by atoms with van der Waals surface area (Å²) in [7, 11) is -0.870. The number of anilines is 1. The Kier molecular flexibility index (Phi) is 15.1. The molecule has 0 spiro atoms. The summed E-state index contributed by atoms with van der Waals surface area (Å²) in [6.45, 7) is 8.15. The van der Waals surface area contributed by atoms with E-state index in [0.717, 1.165) is 30.0 Å². The van der Waals surface area contributed by atoms with Gasteiger partial charge in [-0.25, -0.2) is 18.7 Å². The molecule has 2 amide bonds. The molecule has 5 heterocycles. The van der Waals surface area contributed by atoms with E-state index in [1.807, 2.05) is 37.9 Å². The number of amides is 2. The highest BCUT2D eigenvalue weighted by Gasteiger charge is 2.38. The number of nitrogens with zero attached hydrogens (tertiary/aromatic N) is 3. The van der Waals surface area contributed by atoms with Gasteiger partial charge in [0.2, 0.25) is 6.41 Å². The first-order chi connectivity index (χ1) is 20.9. The van der Waals surface area contributed by atoms with Crippen molar-refractivity contribution in [3.8, 4) is 10.4 Å². The van der Waals surface area contributed by atoms with Crippen molar-refractivity contribution < 1.29 is 35.8 Å². The van der Waals surface area contributed by atoms with Crippen molar-refractivity contribution in [3.63, 3.8) is 0 Å². The van der Waals surface area contributed by atoms with Gasteiger partial charge < -0.3 is 15.5 Å². The van der Waals surface area contributed by atoms with Crippen LogP contribution in [0.15, 0.2) is 12.3 Å². The zero-order chi connectivity index (χ0) is 33.0. The van der Waals surface area contributed by atoms with Crippen molar-refractivity contribution in [2.24, 2.45) is 0 Å². The summed E-state index contributed by atoms with van der Waals surface area (Å²) in [5.41, 5.74) is -0.164. The quantitative estimate of drug-likeness (QED) is 0.246. The highest BCUT2D eigenvalue weighted by atomic mass is 32.2. The second-order valence-corrected chi connectivity index (χ2v) is 12.7. The molecule has 2 aromatic rings. The van der Waals surface area contributed by atoms with Crippen LogP contribution in [0.25, 0.3) is 10.4 Å². The Bertz CT molecular complexity index is 1210. The smallest absolute Gasteiger partial charge is 0.361 e. The number of nitrogens with one attached hydrogen (secondary N) is 2. The molecule has 2 aromatic heterocycles. The minimum Gasteiger partial charge on any atom is -0.361 e. The second kappa shape index (κ2) is 17.7. The van der Waals surface area contributed by atoms with Gasteiger partial charge in [-0.15, -0.1) is 11.3 Å². The van der Waals surface area contributed by atoms with Crippen molar-refractivity contribution in [3.05, 3.63) is 28.5 Å². The molecule has 0 saturated carbocycles. The van der Waals surface area contributed by atoms with Crippen molar-refractivity contribution in [1.82, 2.24) is 20.2 Å². The SMILES string of the molecule is CC.CC.Cc1nc(C(=O)NC2CCS(=O)CC2)sc1-c1cnc(NCC(F)(F)F)cc1C(F)F.O=CN1C2CCC1CC2. The number of hydrogen-bond acceptors (Lipinski definition) is 7. The van der Waals surface area contributed by atoms with Gasteiger partial charge in [0.05, 0.1) is 10.6 Å². The number of rotatable bonds is 7. The van der Waals surface area contributed by atoms with Crippen LogP contribution in [0.2, 0.25) is 0 Å². The maximum absolute atomic E-state index is 13.6. The molecular weight excluding hydrogens is 625 g/mol. The number of thiazole rings is 1. The maximum atomic E-state index is 13.6. The lowest BCUT2D eigenvalue weighted by Crippen LogP contribution is -2.39. The minimum absolute atomic E-state index is 0.00896. The third-order valence-corrected chi connectivity index (χ3v) is 9.80. The molecule has 0 aromatic carbocycles. The maximum Gasteiger partial charge on any atom is 0.405 e. The van der Waals surface area contributed by atoms with Gasteiger partial charge in [0.25, 0.3) is 12.3 Å². The molecule has 0 unspecified atom stereocenters. The Morgan fingerprint density at radius 2 is 1.66 bits per heavy atom. The minimum atomic E-state index is -4.52. The van der Waals surface area contributed by atoms with Crippen LogP contribution in [0.5, 0.6) is 0 Å². The first-order valence-corrected chi connectivity index (χ1v) is 17.2. The van der Waals surface area contributed by atoms with E-state index in [-0.39, 0.29) is 22.4 Å². The Hall–Kier alpha value is -2.68. The molecule has 0 atom stereocenters. The average Bonchev–Trinajstić information content (AvgIpc) is 3.73. The van der Waals surface area contributed by atoms with E-state index in [2.05, 4.69) is 15.3 Å². The van der Waals surface area contributed by atoms with Crippen LogP contribution in [-0.4, -0.2) is 73.7 Å². The Morgan fingerprint density at radius 1 is 1.09 bits per heavy atom. The first-order valence-electron chi connectivity index (χ1n) is 14.9. The van der Waals surface area contributed by atoms with Gasteiger partial charge in [0.1, 0.15) is 12.4 Å². The normalized spacial score (nSPS) is 22.1. The largest absolute Gasteiger partial charge is 0.405 e. The van der Waals surface area contributed by atoms with Gasteiger partial charge in [-0.05, 0) is 51.5 Å². The van der Waals surface area contributed by atoms with Crippen molar-refractivity contribution in [2.75, 3.05) is 23.4 Å². The number of aryl methyl sites for hydroxylation is 1. The molecule has 2 bridgehead atoms. The fourth-order valence-electron chi connectivity index (χ4n) is 5.18. The fourth-order valence-corrected chi connectivity index (χ4v) is 7.48. The summed E-state index contributed by atoms with van der Waals surface area (Å²) in [4.78, 5) is 33.2. The zero-order valence-electron chi connectivity index (χ0n) is 25.7. The van der Waals surface area contributed by atoms with Gasteiger partial charge in [0.15, 0.2) is 5.01 Å². The van der Waals surface area contributed by atoms with Gasteiger partial charge >= 0.3 is 6.18 Å². The molecule has 44 heavy (non-hydrogen) atoms. The first kappa shape index (κ1) is 37.5. The van der Waals surface area contributed by atoms with Crippen molar-refractivity contribution in [2.45, 2.75) is 104 Å². The van der Waals surface area contributed by atoms with Crippen LogP contribution in [0.3, 0.4) is 0 Å². The average molecular weight is 668 g/mol. The number of aromatic nitrogens is 2. The van der Waals surface area contributed by atoms with Crippen molar-refractivity contribution >= 4 is 40.3 Å². The third kappa shape index (κ3) is 10.5. The fraction of sp³-hybridized carbons (Fsp3) is 0.655. The van der Waals surface area contributed by atoms with E-state index in [0.29, 0.717) is 47.0 Å². The third-order valence-electron chi connectivity index (χ3n) is 7.23. The summed E-state index contributed by atoms with van der Waals surface area (Å²) in [5.74, 6) is 0.231. The number of alkyl halides is 5. The lowest BCUT2D eigenvalue weighted by atomic mass is 10.0. The van der Waals surface area contributed by atoms with Gasteiger partial charge in [-0.2, -0.15) is 13.2 Å². The molecule has 3 aliphatic heterocycles. The summed E-state index contributed by atoms with van der Waals surface area (Å²) < 4.78 is 75.7. The molecule has 0 radical (unpaired) electrons. The molecule has 2 N–H and O–H groups in total. The number of halogens is 5. The number of fused-ring (bicyclic) bond motifs is 2. The summed E-state index contributed by atoms with van der Waals surface area (Å²) in [5, 5.41) is 4.88. The Balaban J connectivity index is 0.000000431. The van der Waals surface area contributed by atoms with Crippen LogP contribution < -0.4 is 10.6 Å². The Morgan fingerprint density at radius 3 is 2.14 bits per heavy atom. The summed E-state index contributed by atoms with van der Waals surface area (Å²) >= 11 is 0.908. The van der Waals surface area contributed by atoms with Gasteiger partial charge in [-0.3, -0.25) is 13.8 Å². The van der Waals surface area contributed by atoms with Crippen LogP contribution in [0.1, 0.15) is 93.7 Å². The lowest BCUT2D eigenvalue weighted by molar-refractivity contribution is -0.119. The molecule has 8 nitrogen and oxygen atoms in total. The number of carbonyl (C=O) groups is 2. The molecule has 5 rings (SSSR count). The highest BCUT2D eigenvalue weighted by Crippen LogP contribution is 2.38. The summed E-state index contributed by atoms with van der Waals surface area (Å²) in [6.07, 6.45) is 0.776. The predicted octanol–water partition coefficient (Wildman–Crippen LogP) is 6.89. The summed E-state index contributed by atoms with van der Waals surface area (Å²) in [6, 6.07) is 1.97. The molecular formula is C29H42F5N5O3S2. The molecule has 3 fully saturated rings. The van der Waals surface area contributed by atoms with E-state index in [1.54, 1.807) is 6.92 Å². The van der Waals surface area contributed by atoms with Gasteiger partial charge in [0, 0.05) is 57.8 Å². The number of carbonyl (C=O) groups excluding carboxylic acids is 2. The standard InChI is InChI=1S/C18H19F5N4O2S2.C7H11NO.2C2H6/c1-9-14(30-17(26-9)16(28)27-10-2-4-31(29)5-3-10)12-7-24-13(6-11(12)15(19)20)25-8-18(21,22)23;9-5-8-6-1-2-7(8)4-3-6;2*1-2/h6-7,10,15H,2-5,8H2,1H3,(H,24,25)(H,27,28);5-7H,1-4H2;2*1-2H3. The van der Waals surface area contributed by atoms with Gasteiger partial charge in [-0.1, -0.05) is 27.7 Å². The predicted molar refractivity (Wildman–Crippen MR) is 165 cm³/mol. The topological polar surface area (TPSA) is 104 Å². The van der Waals surface area contributed by atoms with Crippen LogP contribution in [0.4, 0.5) is 27.8 Å². The monoisotopic (exact) mass is 667 g/mol. The van der Waals surface area contributed by atoms with Crippen LogP contribution >= 0.6 is 11.3 Å². The second-order valence-electron chi connectivity index (χ2n) is 9.97. The van der Waals surface area contributed by atoms with E-state index < -0.39 is 41.4 Å². The van der Waals surface area contributed by atoms with Crippen LogP contribution in [0, 0.1) is 6.92 Å². The van der Waals surface area contributed by atoms with E-state index >= 15 is 0 Å². The highest BCUT2D eigenvalue weighted by molar-refractivity contribution is 7.85. The van der Waals surface area contributed by atoms with E-state index in [9.17, 15) is 35.8 Å². The molecule has 248 valence electrons. The lowest BCUT2D eigenvalue weighted by Gasteiger charge is -2.21. The molecule has 0 aliphatic carbocycles. The molecule has 3 aliphatic rings. The van der Waals surface area contributed by atoms with Crippen LogP contribution in [-0.2, 0) is 15.6 Å².